The standard InChI is InChI=1S/C10H19NO3/c1-10(2)6-7(3-4-14-10)8(11)5-9(12)13/h7-8H,3-6,11H2,1-2H3,(H,12,13). The van der Waals surface area contributed by atoms with E-state index in [2.05, 4.69) is 0 Å². The van der Waals surface area contributed by atoms with Gasteiger partial charge in [-0.3, -0.25) is 4.79 Å². The van der Waals surface area contributed by atoms with Crippen LogP contribution in [0.25, 0.3) is 0 Å². The number of hydrogen-bond acceptors (Lipinski definition) is 3. The van der Waals surface area contributed by atoms with Crippen molar-refractivity contribution in [2.75, 3.05) is 6.61 Å². The third-order valence-corrected chi connectivity index (χ3v) is 2.75. The summed E-state index contributed by atoms with van der Waals surface area (Å²) >= 11 is 0. The molecule has 0 aliphatic carbocycles. The van der Waals surface area contributed by atoms with Crippen molar-refractivity contribution in [2.24, 2.45) is 11.7 Å². The number of carboxylic acids is 1. The summed E-state index contributed by atoms with van der Waals surface area (Å²) in [6, 6.07) is -0.240. The zero-order valence-corrected chi connectivity index (χ0v) is 8.82. The van der Waals surface area contributed by atoms with Gasteiger partial charge in [0.05, 0.1) is 12.0 Å². The van der Waals surface area contributed by atoms with Crippen molar-refractivity contribution in [1.29, 1.82) is 0 Å². The average molecular weight is 201 g/mol. The fraction of sp³-hybridized carbons (Fsp3) is 0.900. The Morgan fingerprint density at radius 2 is 2.36 bits per heavy atom. The highest BCUT2D eigenvalue weighted by Gasteiger charge is 2.32. The van der Waals surface area contributed by atoms with E-state index in [0.717, 1.165) is 12.8 Å². The van der Waals surface area contributed by atoms with Crippen molar-refractivity contribution in [3.8, 4) is 0 Å². The first kappa shape index (κ1) is 11.5. The number of rotatable bonds is 3. The molecule has 1 aliphatic heterocycles. The second kappa shape index (κ2) is 4.28. The maximum Gasteiger partial charge on any atom is 0.304 e. The van der Waals surface area contributed by atoms with E-state index in [9.17, 15) is 4.79 Å². The molecule has 14 heavy (non-hydrogen) atoms. The molecule has 1 saturated heterocycles. The van der Waals surface area contributed by atoms with Crippen LogP contribution in [0.4, 0.5) is 0 Å². The van der Waals surface area contributed by atoms with Crippen molar-refractivity contribution < 1.29 is 14.6 Å². The molecule has 0 aromatic carbocycles. The van der Waals surface area contributed by atoms with Gasteiger partial charge in [0.25, 0.3) is 0 Å². The summed E-state index contributed by atoms with van der Waals surface area (Å²) in [6.45, 7) is 4.73. The van der Waals surface area contributed by atoms with E-state index in [1.165, 1.54) is 0 Å². The highest BCUT2D eigenvalue weighted by molar-refractivity contribution is 5.67. The quantitative estimate of drug-likeness (QED) is 0.714. The van der Waals surface area contributed by atoms with Crippen molar-refractivity contribution in [3.63, 3.8) is 0 Å². The molecule has 1 fully saturated rings. The molecule has 0 amide bonds. The van der Waals surface area contributed by atoms with Gasteiger partial charge in [0.15, 0.2) is 0 Å². The van der Waals surface area contributed by atoms with Gasteiger partial charge in [-0.1, -0.05) is 0 Å². The van der Waals surface area contributed by atoms with E-state index >= 15 is 0 Å². The lowest BCUT2D eigenvalue weighted by Gasteiger charge is -2.37. The van der Waals surface area contributed by atoms with Gasteiger partial charge in [-0.2, -0.15) is 0 Å². The molecule has 0 spiro atoms. The third kappa shape index (κ3) is 3.27. The fourth-order valence-corrected chi connectivity index (χ4v) is 2.01. The zero-order chi connectivity index (χ0) is 10.8. The molecule has 0 aromatic rings. The van der Waals surface area contributed by atoms with Gasteiger partial charge in [-0.15, -0.1) is 0 Å². The molecule has 2 unspecified atom stereocenters. The Bertz CT molecular complexity index is 215. The third-order valence-electron chi connectivity index (χ3n) is 2.75. The molecule has 1 rings (SSSR count). The van der Waals surface area contributed by atoms with Gasteiger partial charge in [0, 0.05) is 12.6 Å². The van der Waals surface area contributed by atoms with Crippen LogP contribution in [0.1, 0.15) is 33.1 Å². The van der Waals surface area contributed by atoms with E-state index in [0.29, 0.717) is 6.61 Å². The topological polar surface area (TPSA) is 72.6 Å². The van der Waals surface area contributed by atoms with Crippen LogP contribution in [0.2, 0.25) is 0 Å². The molecule has 0 radical (unpaired) electrons. The molecule has 1 heterocycles. The van der Waals surface area contributed by atoms with Gasteiger partial charge in [0.2, 0.25) is 0 Å². The summed E-state index contributed by atoms with van der Waals surface area (Å²) in [5, 5.41) is 8.63. The Labute approximate surface area is 84.4 Å². The molecule has 4 nitrogen and oxygen atoms in total. The monoisotopic (exact) mass is 201 g/mol. The second-order valence-corrected chi connectivity index (χ2v) is 4.62. The molecule has 0 saturated carbocycles. The van der Waals surface area contributed by atoms with Crippen molar-refractivity contribution in [3.05, 3.63) is 0 Å². The van der Waals surface area contributed by atoms with Crippen LogP contribution in [0.3, 0.4) is 0 Å². The highest BCUT2D eigenvalue weighted by atomic mass is 16.5. The molecule has 0 aromatic heterocycles. The summed E-state index contributed by atoms with van der Waals surface area (Å²) in [7, 11) is 0. The van der Waals surface area contributed by atoms with E-state index < -0.39 is 5.97 Å². The molecule has 3 N–H and O–H groups in total. The summed E-state index contributed by atoms with van der Waals surface area (Å²) in [6.07, 6.45) is 1.78. The van der Waals surface area contributed by atoms with Gasteiger partial charge in [0.1, 0.15) is 0 Å². The summed E-state index contributed by atoms with van der Waals surface area (Å²) in [5.41, 5.74) is 5.68. The molecule has 1 aliphatic rings. The van der Waals surface area contributed by atoms with Gasteiger partial charge in [-0.05, 0) is 32.6 Å². The Morgan fingerprint density at radius 3 is 2.86 bits per heavy atom. The first-order valence-corrected chi connectivity index (χ1v) is 5.02. The van der Waals surface area contributed by atoms with Gasteiger partial charge < -0.3 is 15.6 Å². The Balaban J connectivity index is 2.47. The van der Waals surface area contributed by atoms with E-state index in [1.54, 1.807) is 0 Å². The molecular weight excluding hydrogens is 182 g/mol. The number of ether oxygens (including phenoxy) is 1. The summed E-state index contributed by atoms with van der Waals surface area (Å²) in [4.78, 5) is 10.5. The minimum atomic E-state index is -0.818. The SMILES string of the molecule is CC1(C)CC(C(N)CC(=O)O)CCO1. The van der Waals surface area contributed by atoms with Crippen molar-refractivity contribution in [1.82, 2.24) is 0 Å². The predicted octanol–water partition coefficient (Wildman–Crippen LogP) is 0.994. The zero-order valence-electron chi connectivity index (χ0n) is 8.82. The molecule has 4 heteroatoms. The normalized spacial score (nSPS) is 28.4. The first-order chi connectivity index (χ1) is 6.41. The highest BCUT2D eigenvalue weighted by Crippen LogP contribution is 2.30. The largest absolute Gasteiger partial charge is 0.481 e. The van der Waals surface area contributed by atoms with Gasteiger partial charge in [-0.25, -0.2) is 0 Å². The maximum atomic E-state index is 10.5. The number of nitrogens with two attached hydrogens (primary N) is 1. The fourth-order valence-electron chi connectivity index (χ4n) is 2.01. The van der Waals surface area contributed by atoms with E-state index in [1.807, 2.05) is 13.8 Å². The Kier molecular flexibility index (Phi) is 3.50. The number of aliphatic carboxylic acids is 1. The van der Waals surface area contributed by atoms with Crippen LogP contribution in [0, 0.1) is 5.92 Å². The van der Waals surface area contributed by atoms with Crippen LogP contribution < -0.4 is 5.73 Å². The Morgan fingerprint density at radius 1 is 1.71 bits per heavy atom. The molecular formula is C10H19NO3. The predicted molar refractivity (Wildman–Crippen MR) is 53.0 cm³/mol. The Hall–Kier alpha value is -0.610. The van der Waals surface area contributed by atoms with Crippen LogP contribution in [-0.2, 0) is 9.53 Å². The molecule has 0 bridgehead atoms. The van der Waals surface area contributed by atoms with Crippen molar-refractivity contribution in [2.45, 2.75) is 44.8 Å². The maximum absolute atomic E-state index is 10.5. The van der Waals surface area contributed by atoms with Gasteiger partial charge >= 0.3 is 5.97 Å². The summed E-state index contributed by atoms with van der Waals surface area (Å²) in [5.74, 6) is -0.545. The number of carbonyl (C=O) groups is 1. The van der Waals surface area contributed by atoms with Crippen LogP contribution in [0.15, 0.2) is 0 Å². The molecule has 82 valence electrons. The lowest BCUT2D eigenvalue weighted by Crippen LogP contribution is -2.42. The number of carboxylic acid groups (broad SMARTS) is 1. The smallest absolute Gasteiger partial charge is 0.304 e. The lowest BCUT2D eigenvalue weighted by atomic mass is 9.82. The van der Waals surface area contributed by atoms with Crippen LogP contribution >= 0.6 is 0 Å². The number of hydrogen-bond donors (Lipinski definition) is 2. The van der Waals surface area contributed by atoms with E-state index in [-0.39, 0.29) is 24.0 Å². The minimum Gasteiger partial charge on any atom is -0.481 e. The van der Waals surface area contributed by atoms with Crippen LogP contribution in [-0.4, -0.2) is 29.3 Å². The average Bonchev–Trinajstić information content (AvgIpc) is 2.01. The minimum absolute atomic E-state index is 0.0563. The molecule has 2 atom stereocenters. The summed E-state index contributed by atoms with van der Waals surface area (Å²) < 4.78 is 5.55. The van der Waals surface area contributed by atoms with Crippen molar-refractivity contribution >= 4 is 5.97 Å². The first-order valence-electron chi connectivity index (χ1n) is 5.02. The lowest BCUT2D eigenvalue weighted by molar-refractivity contribution is -0.138. The van der Waals surface area contributed by atoms with Crippen LogP contribution in [0.5, 0.6) is 0 Å². The van der Waals surface area contributed by atoms with E-state index in [4.69, 9.17) is 15.6 Å². The second-order valence-electron chi connectivity index (χ2n) is 4.62.